The number of carboxylic acid groups (broad SMARTS) is 1. The van der Waals surface area contributed by atoms with Crippen molar-refractivity contribution >= 4 is 23.4 Å². The fraction of sp³-hybridized carbons (Fsp3) is 0.778. The van der Waals surface area contributed by atoms with Gasteiger partial charge in [0, 0.05) is 5.92 Å². The van der Waals surface area contributed by atoms with E-state index in [1.54, 1.807) is 0 Å². The lowest BCUT2D eigenvalue weighted by molar-refractivity contribution is -0.147. The highest BCUT2D eigenvalue weighted by Gasteiger charge is 2.34. The fourth-order valence-electron chi connectivity index (χ4n) is 1.91. The van der Waals surface area contributed by atoms with Crippen LogP contribution in [0.4, 0.5) is 0 Å². The first-order valence-corrected chi connectivity index (χ1v) is 5.01. The first-order chi connectivity index (χ1) is 6.16. The van der Waals surface area contributed by atoms with Crippen LogP contribution in [0.25, 0.3) is 0 Å². The number of hydrogen-bond acceptors (Lipinski definition) is 2. The lowest BCUT2D eigenvalue weighted by Gasteiger charge is -2.26. The SMILES string of the molecule is O=C(O)C1CCCCC1C(=O)CCl. The van der Waals surface area contributed by atoms with E-state index in [-0.39, 0.29) is 17.6 Å². The number of ketones is 1. The normalized spacial score (nSPS) is 28.4. The summed E-state index contributed by atoms with van der Waals surface area (Å²) in [5.41, 5.74) is 0. The Balaban J connectivity index is 2.67. The predicted molar refractivity (Wildman–Crippen MR) is 48.8 cm³/mol. The van der Waals surface area contributed by atoms with Gasteiger partial charge in [-0.05, 0) is 12.8 Å². The van der Waals surface area contributed by atoms with Gasteiger partial charge in [-0.1, -0.05) is 12.8 Å². The monoisotopic (exact) mass is 204 g/mol. The highest BCUT2D eigenvalue weighted by molar-refractivity contribution is 6.28. The predicted octanol–water partition coefficient (Wildman–Crippen LogP) is 1.69. The second kappa shape index (κ2) is 4.61. The Kier molecular flexibility index (Phi) is 3.72. The van der Waals surface area contributed by atoms with Crippen molar-refractivity contribution in [1.29, 1.82) is 0 Å². The molecule has 0 aromatic rings. The Morgan fingerprint density at radius 3 is 2.23 bits per heavy atom. The first kappa shape index (κ1) is 10.5. The Bertz CT molecular complexity index is 215. The zero-order chi connectivity index (χ0) is 9.84. The Morgan fingerprint density at radius 1 is 1.23 bits per heavy atom. The van der Waals surface area contributed by atoms with Crippen LogP contribution in [0, 0.1) is 11.8 Å². The summed E-state index contributed by atoms with van der Waals surface area (Å²) in [4.78, 5) is 22.1. The van der Waals surface area contributed by atoms with E-state index in [1.807, 2.05) is 0 Å². The van der Waals surface area contributed by atoms with Crippen LogP contribution in [-0.2, 0) is 9.59 Å². The number of aliphatic carboxylic acids is 1. The van der Waals surface area contributed by atoms with Gasteiger partial charge in [0.05, 0.1) is 11.8 Å². The van der Waals surface area contributed by atoms with Crippen LogP contribution < -0.4 is 0 Å². The highest BCUT2D eigenvalue weighted by atomic mass is 35.5. The summed E-state index contributed by atoms with van der Waals surface area (Å²) in [5.74, 6) is -1.88. The van der Waals surface area contributed by atoms with Crippen molar-refractivity contribution in [1.82, 2.24) is 0 Å². The molecular formula is C9H13ClO3. The minimum absolute atomic E-state index is 0.0611. The summed E-state index contributed by atoms with van der Waals surface area (Å²) in [6.07, 6.45) is 3.14. The van der Waals surface area contributed by atoms with Gasteiger partial charge in [-0.15, -0.1) is 11.6 Å². The fourth-order valence-corrected chi connectivity index (χ4v) is 2.11. The average molecular weight is 205 g/mol. The molecule has 1 fully saturated rings. The summed E-state index contributed by atoms with van der Waals surface area (Å²) in [6.45, 7) is 0. The number of halogens is 1. The highest BCUT2D eigenvalue weighted by Crippen LogP contribution is 2.31. The largest absolute Gasteiger partial charge is 0.481 e. The van der Waals surface area contributed by atoms with Gasteiger partial charge < -0.3 is 5.11 Å². The molecule has 0 saturated heterocycles. The average Bonchev–Trinajstić information content (AvgIpc) is 2.16. The van der Waals surface area contributed by atoms with E-state index in [0.717, 1.165) is 12.8 Å². The summed E-state index contributed by atoms with van der Waals surface area (Å²) in [5, 5.41) is 8.86. The summed E-state index contributed by atoms with van der Waals surface area (Å²) >= 11 is 5.41. The third kappa shape index (κ3) is 2.44. The second-order valence-corrected chi connectivity index (χ2v) is 3.70. The van der Waals surface area contributed by atoms with Crippen LogP contribution in [0.2, 0.25) is 0 Å². The van der Waals surface area contributed by atoms with Gasteiger partial charge in [0.15, 0.2) is 5.78 Å². The number of alkyl halides is 1. The van der Waals surface area contributed by atoms with E-state index in [0.29, 0.717) is 12.8 Å². The van der Waals surface area contributed by atoms with Gasteiger partial charge in [-0.2, -0.15) is 0 Å². The third-order valence-electron chi connectivity index (χ3n) is 2.63. The summed E-state index contributed by atoms with van der Waals surface area (Å²) in [7, 11) is 0. The summed E-state index contributed by atoms with van der Waals surface area (Å²) in [6, 6.07) is 0. The minimum atomic E-state index is -0.858. The molecule has 1 aliphatic rings. The molecule has 1 N–H and O–H groups in total. The number of carbonyl (C=O) groups excluding carboxylic acids is 1. The molecule has 74 valence electrons. The topological polar surface area (TPSA) is 54.4 Å². The maximum absolute atomic E-state index is 11.3. The molecule has 2 unspecified atom stereocenters. The van der Waals surface area contributed by atoms with Crippen molar-refractivity contribution in [2.45, 2.75) is 25.7 Å². The van der Waals surface area contributed by atoms with E-state index in [1.165, 1.54) is 0 Å². The molecule has 2 atom stereocenters. The van der Waals surface area contributed by atoms with Crippen LogP contribution in [0.1, 0.15) is 25.7 Å². The van der Waals surface area contributed by atoms with Gasteiger partial charge in [0.1, 0.15) is 0 Å². The van der Waals surface area contributed by atoms with E-state index >= 15 is 0 Å². The van der Waals surface area contributed by atoms with Crippen molar-refractivity contribution in [3.8, 4) is 0 Å². The lowest BCUT2D eigenvalue weighted by atomic mass is 9.77. The summed E-state index contributed by atoms with van der Waals surface area (Å²) < 4.78 is 0. The molecular weight excluding hydrogens is 192 g/mol. The number of rotatable bonds is 3. The molecule has 0 aromatic carbocycles. The molecule has 0 radical (unpaired) electrons. The van der Waals surface area contributed by atoms with E-state index < -0.39 is 11.9 Å². The standard InChI is InChI=1S/C9H13ClO3/c10-5-8(11)6-3-1-2-4-7(6)9(12)13/h6-7H,1-5H2,(H,12,13). The van der Waals surface area contributed by atoms with Crippen LogP contribution in [0.15, 0.2) is 0 Å². The van der Waals surface area contributed by atoms with Crippen molar-refractivity contribution in [2.24, 2.45) is 11.8 Å². The molecule has 1 aliphatic carbocycles. The Labute approximate surface area is 82.1 Å². The zero-order valence-electron chi connectivity index (χ0n) is 7.33. The van der Waals surface area contributed by atoms with Crippen LogP contribution in [0.3, 0.4) is 0 Å². The third-order valence-corrected chi connectivity index (χ3v) is 2.89. The molecule has 4 heteroatoms. The van der Waals surface area contributed by atoms with Crippen molar-refractivity contribution in [3.63, 3.8) is 0 Å². The zero-order valence-corrected chi connectivity index (χ0v) is 8.09. The smallest absolute Gasteiger partial charge is 0.307 e. The lowest BCUT2D eigenvalue weighted by Crippen LogP contribution is -2.33. The molecule has 13 heavy (non-hydrogen) atoms. The van der Waals surface area contributed by atoms with Crippen LogP contribution in [0.5, 0.6) is 0 Å². The molecule has 0 heterocycles. The molecule has 1 rings (SSSR count). The van der Waals surface area contributed by atoms with Crippen molar-refractivity contribution in [3.05, 3.63) is 0 Å². The van der Waals surface area contributed by atoms with Gasteiger partial charge in [-0.3, -0.25) is 9.59 Å². The van der Waals surface area contributed by atoms with Crippen LogP contribution >= 0.6 is 11.6 Å². The number of Topliss-reactive ketones (excluding diaryl/α,β-unsaturated/α-hetero) is 1. The van der Waals surface area contributed by atoms with Gasteiger partial charge >= 0.3 is 5.97 Å². The maximum Gasteiger partial charge on any atom is 0.307 e. The molecule has 0 spiro atoms. The molecule has 0 aromatic heterocycles. The first-order valence-electron chi connectivity index (χ1n) is 4.48. The maximum atomic E-state index is 11.3. The van der Waals surface area contributed by atoms with Gasteiger partial charge in [-0.25, -0.2) is 0 Å². The molecule has 0 bridgehead atoms. The molecule has 0 amide bonds. The van der Waals surface area contributed by atoms with Gasteiger partial charge in [0.2, 0.25) is 0 Å². The van der Waals surface area contributed by atoms with Gasteiger partial charge in [0.25, 0.3) is 0 Å². The van der Waals surface area contributed by atoms with E-state index in [9.17, 15) is 9.59 Å². The van der Waals surface area contributed by atoms with Crippen molar-refractivity contribution in [2.75, 3.05) is 5.88 Å². The van der Waals surface area contributed by atoms with E-state index in [4.69, 9.17) is 16.7 Å². The number of hydrogen-bond donors (Lipinski definition) is 1. The Morgan fingerprint density at radius 2 is 1.77 bits per heavy atom. The van der Waals surface area contributed by atoms with Crippen molar-refractivity contribution < 1.29 is 14.7 Å². The molecule has 1 saturated carbocycles. The Hall–Kier alpha value is -0.570. The number of carbonyl (C=O) groups is 2. The molecule has 3 nitrogen and oxygen atoms in total. The minimum Gasteiger partial charge on any atom is -0.481 e. The quantitative estimate of drug-likeness (QED) is 0.712. The number of carboxylic acids is 1. The molecule has 0 aliphatic heterocycles. The van der Waals surface area contributed by atoms with E-state index in [2.05, 4.69) is 0 Å². The van der Waals surface area contributed by atoms with Crippen LogP contribution in [-0.4, -0.2) is 22.7 Å². The second-order valence-electron chi connectivity index (χ2n) is 3.44.